The van der Waals surface area contributed by atoms with Crippen LogP contribution >= 0.6 is 15.9 Å². The van der Waals surface area contributed by atoms with Crippen molar-refractivity contribution in [3.63, 3.8) is 0 Å². The molecule has 9 heavy (non-hydrogen) atoms. The number of hydrogen-bond acceptors (Lipinski definition) is 2. The maximum atomic E-state index is 9.14. The van der Waals surface area contributed by atoms with Crippen LogP contribution in [0.25, 0.3) is 0 Å². The van der Waals surface area contributed by atoms with Gasteiger partial charge in [0, 0.05) is 11.8 Å². The molecule has 0 spiro atoms. The highest BCUT2D eigenvalue weighted by Gasteiger charge is 2.16. The maximum absolute atomic E-state index is 9.14. The van der Waals surface area contributed by atoms with Gasteiger partial charge in [-0.3, -0.25) is 0 Å². The van der Waals surface area contributed by atoms with E-state index in [0.717, 1.165) is 0 Å². The van der Waals surface area contributed by atoms with Gasteiger partial charge in [0.1, 0.15) is 0 Å². The van der Waals surface area contributed by atoms with Crippen LogP contribution in [0.1, 0.15) is 20.3 Å². The molecule has 0 heterocycles. The Kier molecular flexibility index (Phi) is 3.70. The van der Waals surface area contributed by atoms with Gasteiger partial charge in [-0.05, 0) is 13.8 Å². The van der Waals surface area contributed by atoms with E-state index in [1.54, 1.807) is 13.8 Å². The van der Waals surface area contributed by atoms with E-state index in [4.69, 9.17) is 10.2 Å². The molecule has 0 amide bonds. The van der Waals surface area contributed by atoms with Gasteiger partial charge in [0.15, 0.2) is 0 Å². The van der Waals surface area contributed by atoms with Crippen LogP contribution in [0.3, 0.4) is 0 Å². The fourth-order valence-electron chi connectivity index (χ4n) is 0.631. The SMILES string of the molecule is CC(C)(O)CC(O)CBr. The smallest absolute Gasteiger partial charge is 0.0664 e. The fraction of sp³-hybridized carbons (Fsp3) is 1.00. The summed E-state index contributed by atoms with van der Waals surface area (Å²) in [6.45, 7) is 3.36. The van der Waals surface area contributed by atoms with Gasteiger partial charge >= 0.3 is 0 Å². The average Bonchev–Trinajstić information content (AvgIpc) is 1.62. The fourth-order valence-corrected chi connectivity index (χ4v) is 0.860. The molecule has 0 saturated heterocycles. The molecule has 3 heteroatoms. The molecule has 0 aliphatic rings. The molecule has 0 aromatic carbocycles. The predicted molar refractivity (Wildman–Crippen MR) is 40.7 cm³/mol. The zero-order chi connectivity index (χ0) is 7.49. The lowest BCUT2D eigenvalue weighted by Crippen LogP contribution is -2.26. The monoisotopic (exact) mass is 196 g/mol. The highest BCUT2D eigenvalue weighted by atomic mass is 79.9. The second-order valence-corrected chi connectivity index (χ2v) is 3.47. The number of aliphatic hydroxyl groups excluding tert-OH is 1. The van der Waals surface area contributed by atoms with Gasteiger partial charge in [0.2, 0.25) is 0 Å². The van der Waals surface area contributed by atoms with Gasteiger partial charge in [-0.25, -0.2) is 0 Å². The molecular formula is C6H13BrO2. The predicted octanol–water partition coefficient (Wildman–Crippen LogP) is 0.903. The molecule has 0 radical (unpaired) electrons. The van der Waals surface area contributed by atoms with Gasteiger partial charge in [-0.15, -0.1) is 0 Å². The van der Waals surface area contributed by atoms with E-state index < -0.39 is 11.7 Å². The largest absolute Gasteiger partial charge is 0.392 e. The van der Waals surface area contributed by atoms with E-state index in [-0.39, 0.29) is 0 Å². The van der Waals surface area contributed by atoms with E-state index in [9.17, 15) is 0 Å². The van der Waals surface area contributed by atoms with Crippen LogP contribution in [0, 0.1) is 0 Å². The highest BCUT2D eigenvalue weighted by molar-refractivity contribution is 9.09. The Balaban J connectivity index is 3.47. The molecule has 56 valence electrons. The Morgan fingerprint density at radius 1 is 1.56 bits per heavy atom. The minimum atomic E-state index is -0.757. The molecule has 1 atom stereocenters. The number of halogens is 1. The molecule has 0 rings (SSSR count). The van der Waals surface area contributed by atoms with Crippen LogP contribution in [0.4, 0.5) is 0 Å². The molecule has 0 fully saturated rings. The minimum absolute atomic E-state index is 0.415. The summed E-state index contributed by atoms with van der Waals surface area (Å²) in [6.07, 6.45) is -0.0249. The third kappa shape index (κ3) is 6.28. The molecule has 0 aliphatic carbocycles. The average molecular weight is 197 g/mol. The molecule has 2 N–H and O–H groups in total. The Hall–Kier alpha value is 0.400. The lowest BCUT2D eigenvalue weighted by atomic mass is 10.0. The standard InChI is InChI=1S/C6H13BrO2/c1-6(2,9)3-5(8)4-7/h5,8-9H,3-4H2,1-2H3. The summed E-state index contributed by atoms with van der Waals surface area (Å²) < 4.78 is 0. The summed E-state index contributed by atoms with van der Waals surface area (Å²) in [5.74, 6) is 0. The quantitative estimate of drug-likeness (QED) is 0.660. The van der Waals surface area contributed by atoms with Gasteiger partial charge in [-0.1, -0.05) is 15.9 Å². The van der Waals surface area contributed by atoms with Gasteiger partial charge in [-0.2, -0.15) is 0 Å². The van der Waals surface area contributed by atoms with E-state index in [1.807, 2.05) is 0 Å². The van der Waals surface area contributed by atoms with E-state index in [0.29, 0.717) is 11.8 Å². The van der Waals surface area contributed by atoms with Crippen molar-refractivity contribution in [1.82, 2.24) is 0 Å². The molecule has 1 unspecified atom stereocenters. The first-order chi connectivity index (χ1) is 3.95. The van der Waals surface area contributed by atoms with Crippen molar-refractivity contribution in [2.24, 2.45) is 0 Å². The first-order valence-electron chi connectivity index (χ1n) is 2.92. The topological polar surface area (TPSA) is 40.5 Å². The van der Waals surface area contributed by atoms with Crippen LogP contribution in [0.2, 0.25) is 0 Å². The summed E-state index contributed by atoms with van der Waals surface area (Å²) in [4.78, 5) is 0. The van der Waals surface area contributed by atoms with Crippen LogP contribution < -0.4 is 0 Å². The molecule has 0 aromatic rings. The molecule has 2 nitrogen and oxygen atoms in total. The molecule has 0 aromatic heterocycles. The number of aliphatic hydroxyl groups is 2. The molecule has 0 saturated carbocycles. The third-order valence-corrected chi connectivity index (χ3v) is 1.66. The zero-order valence-electron chi connectivity index (χ0n) is 5.76. The second kappa shape index (κ2) is 3.54. The van der Waals surface area contributed by atoms with Crippen molar-refractivity contribution < 1.29 is 10.2 Å². The van der Waals surface area contributed by atoms with Crippen molar-refractivity contribution >= 4 is 15.9 Å². The van der Waals surface area contributed by atoms with Crippen LogP contribution in [-0.2, 0) is 0 Å². The van der Waals surface area contributed by atoms with E-state index >= 15 is 0 Å². The van der Waals surface area contributed by atoms with E-state index in [2.05, 4.69) is 15.9 Å². The lowest BCUT2D eigenvalue weighted by Gasteiger charge is -2.19. The number of alkyl halides is 1. The summed E-state index contributed by atoms with van der Waals surface area (Å²) in [7, 11) is 0. The molecular weight excluding hydrogens is 184 g/mol. The first-order valence-corrected chi connectivity index (χ1v) is 4.04. The lowest BCUT2D eigenvalue weighted by molar-refractivity contribution is 0.0267. The number of rotatable bonds is 3. The summed E-state index contributed by atoms with van der Waals surface area (Å²) in [5.41, 5.74) is -0.757. The number of hydrogen-bond donors (Lipinski definition) is 2. The third-order valence-electron chi connectivity index (χ3n) is 0.913. The summed E-state index contributed by atoms with van der Waals surface area (Å²) >= 11 is 3.11. The highest BCUT2D eigenvalue weighted by Crippen LogP contribution is 2.11. The molecule has 0 aliphatic heterocycles. The zero-order valence-corrected chi connectivity index (χ0v) is 7.35. The summed E-state index contributed by atoms with van der Waals surface area (Å²) in [5, 5.41) is 18.6. The second-order valence-electron chi connectivity index (χ2n) is 2.82. The van der Waals surface area contributed by atoms with Crippen LogP contribution in [0.5, 0.6) is 0 Å². The summed E-state index contributed by atoms with van der Waals surface area (Å²) in [6, 6.07) is 0. The Morgan fingerprint density at radius 3 is 2.11 bits per heavy atom. The van der Waals surface area contributed by atoms with Gasteiger partial charge < -0.3 is 10.2 Å². The Bertz CT molecular complexity index is 77.6. The van der Waals surface area contributed by atoms with Gasteiger partial charge in [0.05, 0.1) is 11.7 Å². The first kappa shape index (κ1) is 9.40. The van der Waals surface area contributed by atoms with E-state index in [1.165, 1.54) is 0 Å². The van der Waals surface area contributed by atoms with Crippen LogP contribution in [-0.4, -0.2) is 27.2 Å². The van der Waals surface area contributed by atoms with Gasteiger partial charge in [0.25, 0.3) is 0 Å². The Labute approximate surface area is 64.0 Å². The van der Waals surface area contributed by atoms with Crippen molar-refractivity contribution in [2.75, 3.05) is 5.33 Å². The van der Waals surface area contributed by atoms with Crippen molar-refractivity contribution in [3.8, 4) is 0 Å². The van der Waals surface area contributed by atoms with Crippen molar-refractivity contribution in [1.29, 1.82) is 0 Å². The maximum Gasteiger partial charge on any atom is 0.0664 e. The normalized spacial score (nSPS) is 15.7. The van der Waals surface area contributed by atoms with Crippen molar-refractivity contribution in [2.45, 2.75) is 32.0 Å². The van der Waals surface area contributed by atoms with Crippen molar-refractivity contribution in [3.05, 3.63) is 0 Å². The Morgan fingerprint density at radius 2 is 2.00 bits per heavy atom. The van der Waals surface area contributed by atoms with Crippen LogP contribution in [0.15, 0.2) is 0 Å². The molecule has 0 bridgehead atoms. The minimum Gasteiger partial charge on any atom is -0.392 e.